The van der Waals surface area contributed by atoms with Crippen molar-refractivity contribution in [1.82, 2.24) is 4.98 Å². The molecule has 2 aromatic rings. The molecule has 0 saturated heterocycles. The highest BCUT2D eigenvalue weighted by molar-refractivity contribution is 5.33. The summed E-state index contributed by atoms with van der Waals surface area (Å²) in [6, 6.07) is 2.97. The lowest BCUT2D eigenvalue weighted by Gasteiger charge is -2.15. The Morgan fingerprint density at radius 2 is 1.80 bits per heavy atom. The van der Waals surface area contributed by atoms with Gasteiger partial charge in [-0.2, -0.15) is 13.2 Å². The Morgan fingerprint density at radius 3 is 2.40 bits per heavy atom. The van der Waals surface area contributed by atoms with E-state index in [0.717, 1.165) is 12.1 Å². The van der Waals surface area contributed by atoms with Crippen molar-refractivity contribution in [2.75, 3.05) is 0 Å². The Labute approximate surface area is 111 Å². The minimum Gasteiger partial charge on any atom is -0.319 e. The van der Waals surface area contributed by atoms with Gasteiger partial charge in [0, 0.05) is 6.20 Å². The number of hydrogen-bond donors (Lipinski definition) is 1. The molecule has 0 aliphatic heterocycles. The number of hydrogen-bond acceptors (Lipinski definition) is 2. The van der Waals surface area contributed by atoms with Gasteiger partial charge in [0.25, 0.3) is 0 Å². The first-order chi connectivity index (χ1) is 9.29. The molecular weight excluding hydrogens is 279 g/mol. The summed E-state index contributed by atoms with van der Waals surface area (Å²) in [7, 11) is 0. The molecule has 1 aromatic carbocycles. The van der Waals surface area contributed by atoms with Crippen LogP contribution in [-0.2, 0) is 6.18 Å². The third-order valence-electron chi connectivity index (χ3n) is 2.69. The van der Waals surface area contributed by atoms with Crippen LogP contribution < -0.4 is 5.73 Å². The van der Waals surface area contributed by atoms with Crippen LogP contribution in [0.2, 0.25) is 0 Å². The number of nitrogens with zero attached hydrogens (tertiary/aromatic N) is 1. The van der Waals surface area contributed by atoms with Gasteiger partial charge in [-0.3, -0.25) is 4.98 Å². The number of pyridine rings is 1. The second-order valence-corrected chi connectivity index (χ2v) is 4.12. The Kier molecular flexibility index (Phi) is 3.71. The third kappa shape index (κ3) is 2.93. The van der Waals surface area contributed by atoms with Crippen molar-refractivity contribution >= 4 is 0 Å². The summed E-state index contributed by atoms with van der Waals surface area (Å²) >= 11 is 0. The molecule has 0 aliphatic carbocycles. The molecule has 1 atom stereocenters. The average molecular weight is 288 g/mol. The summed E-state index contributed by atoms with van der Waals surface area (Å²) in [6.45, 7) is 0. The molecule has 0 bridgehead atoms. The molecule has 0 fully saturated rings. The van der Waals surface area contributed by atoms with Crippen molar-refractivity contribution in [3.8, 4) is 0 Å². The molecule has 20 heavy (non-hydrogen) atoms. The SMILES string of the molecule is N[C@@H](c1cc(F)cc(C(F)(F)F)c1)c1ncccc1F. The van der Waals surface area contributed by atoms with Gasteiger partial charge < -0.3 is 5.73 Å². The molecule has 0 aliphatic rings. The Morgan fingerprint density at radius 1 is 1.10 bits per heavy atom. The van der Waals surface area contributed by atoms with Crippen LogP contribution in [0.4, 0.5) is 22.0 Å². The van der Waals surface area contributed by atoms with Gasteiger partial charge >= 0.3 is 6.18 Å². The maximum atomic E-state index is 13.5. The van der Waals surface area contributed by atoms with Gasteiger partial charge in [0.1, 0.15) is 11.6 Å². The largest absolute Gasteiger partial charge is 0.416 e. The molecular formula is C13H9F5N2. The van der Waals surface area contributed by atoms with Gasteiger partial charge in [0.15, 0.2) is 0 Å². The summed E-state index contributed by atoms with van der Waals surface area (Å²) in [4.78, 5) is 3.67. The molecule has 2 N–H and O–H groups in total. The van der Waals surface area contributed by atoms with Gasteiger partial charge in [-0.15, -0.1) is 0 Å². The van der Waals surface area contributed by atoms with Crippen molar-refractivity contribution in [2.45, 2.75) is 12.2 Å². The number of rotatable bonds is 2. The number of alkyl halides is 3. The van der Waals surface area contributed by atoms with Crippen molar-refractivity contribution in [1.29, 1.82) is 0 Å². The zero-order valence-corrected chi connectivity index (χ0v) is 9.96. The van der Waals surface area contributed by atoms with E-state index in [4.69, 9.17) is 5.73 Å². The molecule has 2 nitrogen and oxygen atoms in total. The molecule has 0 spiro atoms. The van der Waals surface area contributed by atoms with Crippen LogP contribution in [-0.4, -0.2) is 4.98 Å². The molecule has 7 heteroatoms. The Balaban J connectivity index is 2.48. The first kappa shape index (κ1) is 14.4. The summed E-state index contributed by atoms with van der Waals surface area (Å²) in [5.41, 5.74) is 4.04. The molecule has 0 amide bonds. The van der Waals surface area contributed by atoms with Crippen LogP contribution in [0.15, 0.2) is 36.5 Å². The number of aromatic nitrogens is 1. The fourth-order valence-corrected chi connectivity index (χ4v) is 1.74. The minimum absolute atomic E-state index is 0.199. The summed E-state index contributed by atoms with van der Waals surface area (Å²) in [5.74, 6) is -1.86. The van der Waals surface area contributed by atoms with E-state index in [0.29, 0.717) is 12.1 Å². The third-order valence-corrected chi connectivity index (χ3v) is 2.69. The molecule has 0 radical (unpaired) electrons. The van der Waals surface area contributed by atoms with Crippen LogP contribution in [0.5, 0.6) is 0 Å². The lowest BCUT2D eigenvalue weighted by molar-refractivity contribution is -0.137. The lowest BCUT2D eigenvalue weighted by Crippen LogP contribution is -2.17. The molecule has 0 unspecified atom stereocenters. The van der Waals surface area contributed by atoms with E-state index in [1.165, 1.54) is 12.3 Å². The predicted molar refractivity (Wildman–Crippen MR) is 61.6 cm³/mol. The van der Waals surface area contributed by atoms with Crippen LogP contribution in [0.3, 0.4) is 0 Å². The number of nitrogens with two attached hydrogens (primary N) is 1. The van der Waals surface area contributed by atoms with Crippen LogP contribution in [0.1, 0.15) is 22.9 Å². The molecule has 1 aromatic heterocycles. The minimum atomic E-state index is -4.71. The molecule has 0 saturated carbocycles. The van der Waals surface area contributed by atoms with Crippen molar-refractivity contribution < 1.29 is 22.0 Å². The summed E-state index contributed by atoms with van der Waals surface area (Å²) in [5, 5.41) is 0. The molecule has 2 rings (SSSR count). The topological polar surface area (TPSA) is 38.9 Å². The average Bonchev–Trinajstić information content (AvgIpc) is 2.37. The fraction of sp³-hybridized carbons (Fsp3) is 0.154. The van der Waals surface area contributed by atoms with E-state index in [9.17, 15) is 22.0 Å². The van der Waals surface area contributed by atoms with E-state index in [1.54, 1.807) is 0 Å². The van der Waals surface area contributed by atoms with Gasteiger partial charge in [-0.05, 0) is 35.9 Å². The maximum absolute atomic E-state index is 13.5. The maximum Gasteiger partial charge on any atom is 0.416 e. The second-order valence-electron chi connectivity index (χ2n) is 4.12. The van der Waals surface area contributed by atoms with E-state index in [2.05, 4.69) is 4.98 Å². The van der Waals surface area contributed by atoms with Gasteiger partial charge in [0.05, 0.1) is 17.3 Å². The van der Waals surface area contributed by atoms with E-state index >= 15 is 0 Å². The molecule has 106 valence electrons. The van der Waals surface area contributed by atoms with Gasteiger partial charge in [-0.25, -0.2) is 8.78 Å². The van der Waals surface area contributed by atoms with Gasteiger partial charge in [0.2, 0.25) is 0 Å². The first-order valence-corrected chi connectivity index (χ1v) is 5.52. The predicted octanol–water partition coefficient (Wildman–Crippen LogP) is 3.43. The Bertz CT molecular complexity index is 624. The van der Waals surface area contributed by atoms with Gasteiger partial charge in [-0.1, -0.05) is 0 Å². The standard InChI is InChI=1S/C13H9F5N2/c14-9-5-7(4-8(6-9)13(16,17)18)11(19)12-10(15)2-1-3-20-12/h1-6,11H,19H2/t11-/m0/s1. The van der Waals surface area contributed by atoms with Crippen LogP contribution in [0, 0.1) is 11.6 Å². The van der Waals surface area contributed by atoms with Crippen molar-refractivity contribution in [2.24, 2.45) is 5.73 Å². The van der Waals surface area contributed by atoms with Crippen molar-refractivity contribution in [3.63, 3.8) is 0 Å². The van der Waals surface area contributed by atoms with E-state index in [-0.39, 0.29) is 11.3 Å². The Hall–Kier alpha value is -2.02. The zero-order valence-electron chi connectivity index (χ0n) is 9.96. The highest BCUT2D eigenvalue weighted by Gasteiger charge is 2.32. The highest BCUT2D eigenvalue weighted by Crippen LogP contribution is 2.32. The number of halogens is 5. The lowest BCUT2D eigenvalue weighted by atomic mass is 10.0. The molecule has 1 heterocycles. The number of benzene rings is 1. The quantitative estimate of drug-likeness (QED) is 0.860. The summed E-state index contributed by atoms with van der Waals surface area (Å²) < 4.78 is 64.6. The highest BCUT2D eigenvalue weighted by atomic mass is 19.4. The normalized spacial score (nSPS) is 13.3. The van der Waals surface area contributed by atoms with Crippen LogP contribution in [0.25, 0.3) is 0 Å². The first-order valence-electron chi connectivity index (χ1n) is 5.52. The van der Waals surface area contributed by atoms with E-state index < -0.39 is 29.4 Å². The monoisotopic (exact) mass is 288 g/mol. The zero-order chi connectivity index (χ0) is 14.9. The summed E-state index contributed by atoms with van der Waals surface area (Å²) in [6.07, 6.45) is -3.46. The van der Waals surface area contributed by atoms with Crippen molar-refractivity contribution in [3.05, 3.63) is 65.0 Å². The smallest absolute Gasteiger partial charge is 0.319 e. The van der Waals surface area contributed by atoms with E-state index in [1.807, 2.05) is 0 Å². The second kappa shape index (κ2) is 5.16. The van der Waals surface area contributed by atoms with Crippen LogP contribution >= 0.6 is 0 Å². The fourth-order valence-electron chi connectivity index (χ4n) is 1.74.